The summed E-state index contributed by atoms with van der Waals surface area (Å²) < 4.78 is 5.44. The van der Waals surface area contributed by atoms with Crippen LogP contribution in [0, 0.1) is 10.1 Å². The van der Waals surface area contributed by atoms with Crippen molar-refractivity contribution in [3.05, 3.63) is 38.9 Å². The molecule has 1 aliphatic rings. The van der Waals surface area contributed by atoms with Crippen molar-refractivity contribution in [3.63, 3.8) is 0 Å². The topological polar surface area (TPSA) is 110 Å². The van der Waals surface area contributed by atoms with Crippen molar-refractivity contribution >= 4 is 22.3 Å². The molecule has 0 aliphatic carbocycles. The van der Waals surface area contributed by atoms with Crippen LogP contribution in [0.2, 0.25) is 0 Å². The number of fused-ring (bicyclic) bond motifs is 1. The quantitative estimate of drug-likeness (QED) is 0.653. The Labute approximate surface area is 119 Å². The van der Waals surface area contributed by atoms with Crippen LogP contribution in [0.5, 0.6) is 0 Å². The van der Waals surface area contributed by atoms with E-state index >= 15 is 0 Å². The number of aromatic amines is 1. The predicted octanol–water partition coefficient (Wildman–Crippen LogP) is 1.42. The van der Waals surface area contributed by atoms with Gasteiger partial charge in [0.15, 0.2) is 0 Å². The predicted molar refractivity (Wildman–Crippen MR) is 76.5 cm³/mol. The van der Waals surface area contributed by atoms with Crippen LogP contribution in [0.4, 0.5) is 11.4 Å². The van der Waals surface area contributed by atoms with E-state index in [0.29, 0.717) is 17.8 Å². The Kier molecular flexibility index (Phi) is 3.30. The van der Waals surface area contributed by atoms with Crippen molar-refractivity contribution in [1.29, 1.82) is 0 Å². The fraction of sp³-hybridized carbons (Fsp3) is 0.385. The maximum Gasteiger partial charge on any atom is 0.293 e. The van der Waals surface area contributed by atoms with E-state index in [0.717, 1.165) is 6.42 Å². The number of anilines is 1. The first-order chi connectivity index (χ1) is 10.1. The smallest absolute Gasteiger partial charge is 0.293 e. The number of nitro groups is 1. The van der Waals surface area contributed by atoms with Gasteiger partial charge < -0.3 is 15.0 Å². The molecule has 2 N–H and O–H groups in total. The number of hydrogen-bond acceptors (Lipinski definition) is 6. The number of nitro benzene ring substituents is 1. The van der Waals surface area contributed by atoms with Gasteiger partial charge >= 0.3 is 0 Å². The third-order valence-electron chi connectivity index (χ3n) is 3.67. The first-order valence-corrected chi connectivity index (χ1v) is 6.60. The van der Waals surface area contributed by atoms with Crippen LogP contribution in [0.15, 0.2) is 23.3 Å². The summed E-state index contributed by atoms with van der Waals surface area (Å²) in [5.41, 5.74) is 0.235. The summed E-state index contributed by atoms with van der Waals surface area (Å²) >= 11 is 0. The lowest BCUT2D eigenvalue weighted by Crippen LogP contribution is -2.27. The Morgan fingerprint density at radius 3 is 3.00 bits per heavy atom. The molecule has 0 amide bonds. The maximum absolute atomic E-state index is 11.7. The van der Waals surface area contributed by atoms with E-state index in [4.69, 9.17) is 4.74 Å². The van der Waals surface area contributed by atoms with Crippen LogP contribution >= 0.6 is 0 Å². The number of hydrogen-bond donors (Lipinski definition) is 2. The zero-order valence-electron chi connectivity index (χ0n) is 11.3. The Hall–Kier alpha value is -2.48. The standard InChI is InChI=1S/C13H14N4O4/c1-7-9(2-3-21-7)16-11-5-10-8(4-12(11)17(19)20)13(18)15-6-14-10/h4-7,9,16H,2-3H2,1H3,(H,14,15,18). The van der Waals surface area contributed by atoms with Crippen LogP contribution in [-0.4, -0.2) is 33.6 Å². The third-order valence-corrected chi connectivity index (χ3v) is 3.67. The summed E-state index contributed by atoms with van der Waals surface area (Å²) in [6, 6.07) is 2.79. The fourth-order valence-electron chi connectivity index (χ4n) is 2.49. The number of nitrogens with zero attached hydrogens (tertiary/aromatic N) is 2. The van der Waals surface area contributed by atoms with E-state index in [1.54, 1.807) is 0 Å². The van der Waals surface area contributed by atoms with Crippen LogP contribution in [-0.2, 0) is 4.74 Å². The maximum atomic E-state index is 11.7. The first-order valence-electron chi connectivity index (χ1n) is 6.60. The van der Waals surface area contributed by atoms with Crippen molar-refractivity contribution in [3.8, 4) is 0 Å². The largest absolute Gasteiger partial charge is 0.376 e. The molecule has 1 saturated heterocycles. The molecule has 8 nitrogen and oxygen atoms in total. The van der Waals surface area contributed by atoms with E-state index in [-0.39, 0.29) is 23.2 Å². The zero-order chi connectivity index (χ0) is 15.0. The van der Waals surface area contributed by atoms with E-state index in [2.05, 4.69) is 15.3 Å². The van der Waals surface area contributed by atoms with Crippen molar-refractivity contribution < 1.29 is 9.66 Å². The highest BCUT2D eigenvalue weighted by Gasteiger charge is 2.27. The summed E-state index contributed by atoms with van der Waals surface area (Å²) in [6.07, 6.45) is 2.04. The van der Waals surface area contributed by atoms with Crippen molar-refractivity contribution in [2.24, 2.45) is 0 Å². The second kappa shape index (κ2) is 5.13. The average Bonchev–Trinajstić information content (AvgIpc) is 2.84. The van der Waals surface area contributed by atoms with Gasteiger partial charge in [-0.2, -0.15) is 0 Å². The molecular formula is C13H14N4O4. The SMILES string of the molecule is CC1OCCC1Nc1cc2nc[nH]c(=O)c2cc1[N+](=O)[O-]. The van der Waals surface area contributed by atoms with Crippen LogP contribution in [0.25, 0.3) is 10.9 Å². The highest BCUT2D eigenvalue weighted by Crippen LogP contribution is 2.30. The molecule has 2 heterocycles. The van der Waals surface area contributed by atoms with Gasteiger partial charge in [0.05, 0.1) is 34.3 Å². The third kappa shape index (κ3) is 2.45. The minimum absolute atomic E-state index is 0.00291. The molecule has 1 fully saturated rings. The molecule has 0 spiro atoms. The lowest BCUT2D eigenvalue weighted by Gasteiger charge is -2.17. The number of H-pyrrole nitrogens is 1. The van der Waals surface area contributed by atoms with E-state index < -0.39 is 10.5 Å². The minimum Gasteiger partial charge on any atom is -0.376 e. The molecule has 0 radical (unpaired) electrons. The molecule has 8 heteroatoms. The van der Waals surface area contributed by atoms with E-state index in [1.807, 2.05) is 6.92 Å². The van der Waals surface area contributed by atoms with Gasteiger partial charge in [-0.3, -0.25) is 14.9 Å². The van der Waals surface area contributed by atoms with Crippen molar-refractivity contribution in [2.75, 3.05) is 11.9 Å². The lowest BCUT2D eigenvalue weighted by molar-refractivity contribution is -0.383. The van der Waals surface area contributed by atoms with Crippen LogP contribution in [0.3, 0.4) is 0 Å². The van der Waals surface area contributed by atoms with Gasteiger partial charge in [0.2, 0.25) is 0 Å². The van der Waals surface area contributed by atoms with Gasteiger partial charge in [-0.1, -0.05) is 0 Å². The second-order valence-corrected chi connectivity index (χ2v) is 4.99. The van der Waals surface area contributed by atoms with Gasteiger partial charge in [-0.05, 0) is 19.4 Å². The molecule has 3 rings (SSSR count). The molecular weight excluding hydrogens is 276 g/mol. The Bertz CT molecular complexity index is 757. The van der Waals surface area contributed by atoms with Gasteiger partial charge in [0.25, 0.3) is 11.2 Å². The molecule has 21 heavy (non-hydrogen) atoms. The van der Waals surface area contributed by atoms with E-state index in [1.165, 1.54) is 18.5 Å². The number of ether oxygens (including phenoxy) is 1. The molecule has 2 unspecified atom stereocenters. The second-order valence-electron chi connectivity index (χ2n) is 4.99. The summed E-state index contributed by atoms with van der Waals surface area (Å²) in [5.74, 6) is 0. The normalized spacial score (nSPS) is 21.6. The van der Waals surface area contributed by atoms with Gasteiger partial charge in [-0.15, -0.1) is 0 Å². The van der Waals surface area contributed by atoms with Gasteiger partial charge in [-0.25, -0.2) is 4.98 Å². The fourth-order valence-corrected chi connectivity index (χ4v) is 2.49. The number of rotatable bonds is 3. The first kappa shape index (κ1) is 13.5. The summed E-state index contributed by atoms with van der Waals surface area (Å²) in [6.45, 7) is 2.54. The molecule has 1 aliphatic heterocycles. The minimum atomic E-state index is -0.505. The number of nitrogens with one attached hydrogen (secondary N) is 2. The lowest BCUT2D eigenvalue weighted by atomic mass is 10.1. The van der Waals surface area contributed by atoms with Gasteiger partial charge in [0.1, 0.15) is 5.69 Å². The summed E-state index contributed by atoms with van der Waals surface area (Å²) in [5, 5.41) is 14.6. The average molecular weight is 290 g/mol. The van der Waals surface area contributed by atoms with E-state index in [9.17, 15) is 14.9 Å². The van der Waals surface area contributed by atoms with Crippen molar-refractivity contribution in [1.82, 2.24) is 9.97 Å². The zero-order valence-corrected chi connectivity index (χ0v) is 11.3. The highest BCUT2D eigenvalue weighted by molar-refractivity contribution is 5.86. The Balaban J connectivity index is 2.09. The number of benzene rings is 1. The molecule has 1 aromatic heterocycles. The van der Waals surface area contributed by atoms with Crippen molar-refractivity contribution in [2.45, 2.75) is 25.5 Å². The molecule has 0 saturated carbocycles. The molecule has 110 valence electrons. The summed E-state index contributed by atoms with van der Waals surface area (Å²) in [4.78, 5) is 28.9. The molecule has 2 aromatic rings. The Morgan fingerprint density at radius 1 is 1.52 bits per heavy atom. The van der Waals surface area contributed by atoms with Crippen LogP contribution in [0.1, 0.15) is 13.3 Å². The molecule has 1 aromatic carbocycles. The highest BCUT2D eigenvalue weighted by atomic mass is 16.6. The van der Waals surface area contributed by atoms with Crippen LogP contribution < -0.4 is 10.9 Å². The summed E-state index contributed by atoms with van der Waals surface area (Å²) in [7, 11) is 0. The molecule has 0 bridgehead atoms. The van der Waals surface area contributed by atoms with Gasteiger partial charge in [0, 0.05) is 12.7 Å². The monoisotopic (exact) mass is 290 g/mol. The molecule has 2 atom stereocenters. The Morgan fingerprint density at radius 2 is 2.33 bits per heavy atom. The number of aromatic nitrogens is 2.